The topological polar surface area (TPSA) is 87.3 Å². The lowest BCUT2D eigenvalue weighted by atomic mass is 10.2. The Balaban J connectivity index is 2.23. The van der Waals surface area contributed by atoms with E-state index in [9.17, 15) is 23.2 Å². The normalized spacial score (nSPS) is 15.3. The van der Waals surface area contributed by atoms with E-state index in [4.69, 9.17) is 0 Å². The second kappa shape index (κ2) is 5.01. The first-order valence-corrected chi connectivity index (χ1v) is 5.28. The number of anilines is 2. The molecule has 100 valence electrons. The van der Waals surface area contributed by atoms with Crippen LogP contribution in [0.15, 0.2) is 24.3 Å². The molecule has 6 nitrogen and oxygen atoms in total. The zero-order valence-electron chi connectivity index (χ0n) is 9.44. The predicted molar refractivity (Wildman–Crippen MR) is 61.6 cm³/mol. The Hall–Kier alpha value is -2.51. The van der Waals surface area contributed by atoms with Gasteiger partial charge >= 0.3 is 6.43 Å². The van der Waals surface area contributed by atoms with E-state index in [0.29, 0.717) is 11.4 Å². The summed E-state index contributed by atoms with van der Waals surface area (Å²) in [4.78, 5) is 34.3. The van der Waals surface area contributed by atoms with Gasteiger partial charge in [-0.1, -0.05) is 12.1 Å². The van der Waals surface area contributed by atoms with Crippen LogP contribution in [0.5, 0.6) is 0 Å². The van der Waals surface area contributed by atoms with Crippen molar-refractivity contribution >= 4 is 29.1 Å². The fourth-order valence-corrected chi connectivity index (χ4v) is 1.57. The molecule has 1 aliphatic rings. The molecular formula is C11H9F2N3O3. The fraction of sp³-hybridized carbons (Fsp3) is 0.182. The van der Waals surface area contributed by atoms with E-state index >= 15 is 0 Å². The van der Waals surface area contributed by atoms with Crippen LogP contribution in [0.1, 0.15) is 0 Å². The van der Waals surface area contributed by atoms with Gasteiger partial charge in [0, 0.05) is 0 Å². The van der Waals surface area contributed by atoms with E-state index in [1.54, 1.807) is 17.4 Å². The van der Waals surface area contributed by atoms with E-state index in [-0.39, 0.29) is 0 Å². The molecule has 1 heterocycles. The van der Waals surface area contributed by atoms with Crippen LogP contribution in [0.3, 0.4) is 0 Å². The van der Waals surface area contributed by atoms with E-state index in [1.165, 1.54) is 12.1 Å². The van der Waals surface area contributed by atoms with Crippen LogP contribution < -0.4 is 16.0 Å². The Kier molecular flexibility index (Phi) is 3.41. The van der Waals surface area contributed by atoms with Crippen LogP contribution in [-0.2, 0) is 14.4 Å². The quantitative estimate of drug-likeness (QED) is 0.676. The van der Waals surface area contributed by atoms with Gasteiger partial charge < -0.3 is 16.0 Å². The number of nitrogens with one attached hydrogen (secondary N) is 3. The number of para-hydroxylation sites is 2. The molecule has 1 aromatic rings. The highest BCUT2D eigenvalue weighted by atomic mass is 19.3. The minimum absolute atomic E-state index is 0.328. The van der Waals surface area contributed by atoms with Crippen molar-refractivity contribution in [1.29, 1.82) is 0 Å². The van der Waals surface area contributed by atoms with E-state index in [2.05, 4.69) is 10.6 Å². The predicted octanol–water partition coefficient (Wildman–Crippen LogP) is 0.327. The van der Waals surface area contributed by atoms with Crippen molar-refractivity contribution in [3.8, 4) is 0 Å². The maximum absolute atomic E-state index is 12.1. The molecule has 0 radical (unpaired) electrons. The summed E-state index contributed by atoms with van der Waals surface area (Å²) < 4.78 is 24.3. The number of rotatable bonds is 2. The second-order valence-electron chi connectivity index (χ2n) is 3.77. The number of alkyl halides is 2. The lowest BCUT2D eigenvalue weighted by Gasteiger charge is -2.13. The molecule has 3 amide bonds. The maximum Gasteiger partial charge on any atom is 0.315 e. The summed E-state index contributed by atoms with van der Waals surface area (Å²) in [7, 11) is 0. The van der Waals surface area contributed by atoms with E-state index in [0.717, 1.165) is 0 Å². The second-order valence-corrected chi connectivity index (χ2v) is 3.77. The highest BCUT2D eigenvalue weighted by Crippen LogP contribution is 2.23. The first-order valence-electron chi connectivity index (χ1n) is 5.28. The van der Waals surface area contributed by atoms with Gasteiger partial charge in [-0.15, -0.1) is 0 Å². The summed E-state index contributed by atoms with van der Waals surface area (Å²) >= 11 is 0. The van der Waals surface area contributed by atoms with Gasteiger partial charge in [0.25, 0.3) is 17.7 Å². The minimum Gasteiger partial charge on any atom is -0.332 e. The van der Waals surface area contributed by atoms with Crippen molar-refractivity contribution in [2.75, 3.05) is 10.6 Å². The van der Waals surface area contributed by atoms with Crippen molar-refractivity contribution in [2.24, 2.45) is 0 Å². The van der Waals surface area contributed by atoms with Crippen LogP contribution >= 0.6 is 0 Å². The summed E-state index contributed by atoms with van der Waals surface area (Å²) in [6, 6.07) is 4.62. The lowest BCUT2D eigenvalue weighted by Crippen LogP contribution is -2.51. The number of halogens is 2. The molecule has 1 aromatic carbocycles. The Morgan fingerprint density at radius 2 is 1.58 bits per heavy atom. The van der Waals surface area contributed by atoms with Crippen LogP contribution in [0.25, 0.3) is 0 Å². The molecule has 0 spiro atoms. The lowest BCUT2D eigenvalue weighted by molar-refractivity contribution is -0.137. The summed E-state index contributed by atoms with van der Waals surface area (Å²) in [5, 5.41) is 6.41. The molecule has 8 heteroatoms. The molecule has 3 N–H and O–H groups in total. The number of benzene rings is 1. The van der Waals surface area contributed by atoms with Crippen LogP contribution in [0, 0.1) is 0 Å². The average Bonchev–Trinajstić information content (AvgIpc) is 2.47. The standard InChI is InChI=1S/C11H9F2N3O3/c12-8(13)11(19)16-7-9(17)14-5-3-1-2-4-6(5)15-10(7)18/h1-4,7-8H,(H,14,17)(H,15,18)(H,16,19). The summed E-state index contributed by atoms with van der Waals surface area (Å²) in [6.07, 6.45) is -3.30. The Bertz CT molecular complexity index is 511. The molecule has 2 rings (SSSR count). The highest BCUT2D eigenvalue weighted by molar-refractivity contribution is 6.19. The van der Waals surface area contributed by atoms with Crippen molar-refractivity contribution in [1.82, 2.24) is 5.32 Å². The Labute approximate surface area is 106 Å². The Morgan fingerprint density at radius 1 is 1.11 bits per heavy atom. The number of amides is 3. The molecule has 19 heavy (non-hydrogen) atoms. The number of hydrogen-bond acceptors (Lipinski definition) is 3. The van der Waals surface area contributed by atoms with Gasteiger partial charge in [-0.2, -0.15) is 8.78 Å². The van der Waals surface area contributed by atoms with Crippen molar-refractivity contribution < 1.29 is 23.2 Å². The smallest absolute Gasteiger partial charge is 0.315 e. The zero-order valence-corrected chi connectivity index (χ0v) is 9.44. The third-order valence-electron chi connectivity index (χ3n) is 2.45. The maximum atomic E-state index is 12.1. The largest absolute Gasteiger partial charge is 0.332 e. The van der Waals surface area contributed by atoms with Crippen LogP contribution in [0.2, 0.25) is 0 Å². The Morgan fingerprint density at radius 3 is 2.00 bits per heavy atom. The van der Waals surface area contributed by atoms with Gasteiger partial charge in [-0.25, -0.2) is 0 Å². The van der Waals surface area contributed by atoms with Gasteiger partial charge in [-0.05, 0) is 12.1 Å². The van der Waals surface area contributed by atoms with Gasteiger partial charge in [-0.3, -0.25) is 14.4 Å². The molecule has 0 bridgehead atoms. The van der Waals surface area contributed by atoms with E-state index in [1.807, 2.05) is 0 Å². The van der Waals surface area contributed by atoms with Crippen molar-refractivity contribution in [3.63, 3.8) is 0 Å². The van der Waals surface area contributed by atoms with Crippen LogP contribution in [-0.4, -0.2) is 30.2 Å². The first kappa shape index (κ1) is 12.9. The first-order chi connectivity index (χ1) is 8.99. The molecule has 0 atom stereocenters. The van der Waals surface area contributed by atoms with Crippen LogP contribution in [0.4, 0.5) is 20.2 Å². The molecule has 0 aliphatic carbocycles. The highest BCUT2D eigenvalue weighted by Gasteiger charge is 2.33. The number of carbonyl (C=O) groups is 3. The molecule has 0 saturated carbocycles. The van der Waals surface area contributed by atoms with E-state index < -0.39 is 30.2 Å². The van der Waals surface area contributed by atoms with Gasteiger partial charge in [0.15, 0.2) is 6.04 Å². The SMILES string of the molecule is O=C(NC1C(=O)Nc2ccccc2NC1=O)C(F)F. The molecular weight excluding hydrogens is 260 g/mol. The fourth-order valence-electron chi connectivity index (χ4n) is 1.57. The number of hydrogen-bond donors (Lipinski definition) is 3. The molecule has 1 aliphatic heterocycles. The van der Waals surface area contributed by atoms with Crippen molar-refractivity contribution in [3.05, 3.63) is 24.3 Å². The minimum atomic E-state index is -3.30. The summed E-state index contributed by atoms with van der Waals surface area (Å²) in [5.74, 6) is -3.44. The molecule has 0 aromatic heterocycles. The summed E-state index contributed by atoms with van der Waals surface area (Å²) in [6.45, 7) is 0. The third kappa shape index (κ3) is 2.67. The monoisotopic (exact) mass is 269 g/mol. The zero-order chi connectivity index (χ0) is 14.0. The van der Waals surface area contributed by atoms with Gasteiger partial charge in [0.1, 0.15) is 0 Å². The average molecular weight is 269 g/mol. The molecule has 0 saturated heterocycles. The van der Waals surface area contributed by atoms with Gasteiger partial charge in [0.05, 0.1) is 11.4 Å². The molecule has 0 fully saturated rings. The number of carbonyl (C=O) groups excluding carboxylic acids is 3. The van der Waals surface area contributed by atoms with Gasteiger partial charge in [0.2, 0.25) is 0 Å². The molecule has 0 unspecified atom stereocenters. The summed E-state index contributed by atoms with van der Waals surface area (Å²) in [5.41, 5.74) is 0.657. The third-order valence-corrected chi connectivity index (χ3v) is 2.45. The number of fused-ring (bicyclic) bond motifs is 1. The van der Waals surface area contributed by atoms with Crippen molar-refractivity contribution in [2.45, 2.75) is 12.5 Å².